The normalized spacial score (nSPS) is 28.3. The summed E-state index contributed by atoms with van der Waals surface area (Å²) in [5.74, 6) is 0. The fourth-order valence-electron chi connectivity index (χ4n) is 3.53. The van der Waals surface area contributed by atoms with Crippen molar-refractivity contribution in [3.63, 3.8) is 0 Å². The molecule has 1 atom stereocenters. The fraction of sp³-hybridized carbons (Fsp3) is 0.625. The smallest absolute Gasteiger partial charge is 0.0306 e. The molecule has 0 bridgehead atoms. The number of rotatable bonds is 3. The summed E-state index contributed by atoms with van der Waals surface area (Å²) in [5, 5.41) is 3.75. The van der Waals surface area contributed by atoms with Crippen LogP contribution in [0.25, 0.3) is 0 Å². The maximum atomic E-state index is 3.75. The Morgan fingerprint density at radius 2 is 2.11 bits per heavy atom. The van der Waals surface area contributed by atoms with E-state index in [1.807, 2.05) is 0 Å². The van der Waals surface area contributed by atoms with Gasteiger partial charge in [-0.15, -0.1) is 0 Å². The van der Waals surface area contributed by atoms with Crippen LogP contribution in [0.2, 0.25) is 0 Å². The highest BCUT2D eigenvalue weighted by Gasteiger charge is 2.34. The fourth-order valence-corrected chi connectivity index (χ4v) is 3.53. The van der Waals surface area contributed by atoms with Gasteiger partial charge < -0.3 is 5.32 Å². The van der Waals surface area contributed by atoms with Crippen molar-refractivity contribution in [3.05, 3.63) is 35.4 Å². The molecule has 2 aliphatic rings. The van der Waals surface area contributed by atoms with E-state index in [4.69, 9.17) is 0 Å². The van der Waals surface area contributed by atoms with Crippen molar-refractivity contribution < 1.29 is 0 Å². The van der Waals surface area contributed by atoms with E-state index >= 15 is 0 Å². The van der Waals surface area contributed by atoms with Gasteiger partial charge in [0.15, 0.2) is 0 Å². The average Bonchev–Trinajstić information content (AvgIpc) is 2.88. The van der Waals surface area contributed by atoms with Gasteiger partial charge in [0.05, 0.1) is 0 Å². The van der Waals surface area contributed by atoms with E-state index in [0.717, 1.165) is 6.54 Å². The molecule has 1 fully saturated rings. The molecule has 2 heterocycles. The van der Waals surface area contributed by atoms with Crippen molar-refractivity contribution in [3.8, 4) is 0 Å². The van der Waals surface area contributed by atoms with Crippen LogP contribution < -0.4 is 5.32 Å². The van der Waals surface area contributed by atoms with E-state index in [-0.39, 0.29) is 0 Å². The van der Waals surface area contributed by atoms with Crippen LogP contribution in [0.1, 0.15) is 37.3 Å². The summed E-state index contributed by atoms with van der Waals surface area (Å²) in [6.45, 7) is 7.12. The van der Waals surface area contributed by atoms with Crippen molar-refractivity contribution in [1.82, 2.24) is 10.2 Å². The molecule has 18 heavy (non-hydrogen) atoms. The largest absolute Gasteiger partial charge is 0.310 e. The highest BCUT2D eigenvalue weighted by Crippen LogP contribution is 2.27. The quantitative estimate of drug-likeness (QED) is 0.879. The summed E-state index contributed by atoms with van der Waals surface area (Å²) >= 11 is 0. The Bertz CT molecular complexity index is 407. The minimum absolute atomic E-state index is 0.395. The molecule has 0 spiro atoms. The van der Waals surface area contributed by atoms with Crippen LogP contribution in [0.3, 0.4) is 0 Å². The van der Waals surface area contributed by atoms with Crippen molar-refractivity contribution >= 4 is 0 Å². The molecule has 2 nitrogen and oxygen atoms in total. The Hall–Kier alpha value is -0.860. The number of nitrogens with one attached hydrogen (secondary N) is 1. The maximum Gasteiger partial charge on any atom is 0.0306 e. The van der Waals surface area contributed by atoms with Gasteiger partial charge in [-0.3, -0.25) is 4.90 Å². The number of hydrogen-bond donors (Lipinski definition) is 1. The molecule has 0 radical (unpaired) electrons. The van der Waals surface area contributed by atoms with Crippen molar-refractivity contribution in [2.75, 3.05) is 19.6 Å². The third-order valence-electron chi connectivity index (χ3n) is 4.74. The molecule has 1 unspecified atom stereocenters. The predicted molar refractivity (Wildman–Crippen MR) is 75.7 cm³/mol. The first-order valence-corrected chi connectivity index (χ1v) is 7.35. The number of nitrogens with zero attached hydrogens (tertiary/aromatic N) is 1. The zero-order chi connectivity index (χ0) is 12.4. The molecule has 0 saturated carbocycles. The molecule has 1 aromatic rings. The molecule has 0 aromatic heterocycles. The highest BCUT2D eigenvalue weighted by molar-refractivity contribution is 5.29. The Labute approximate surface area is 110 Å². The van der Waals surface area contributed by atoms with Gasteiger partial charge in [-0.25, -0.2) is 0 Å². The monoisotopic (exact) mass is 244 g/mol. The molecule has 1 N–H and O–H groups in total. The summed E-state index contributed by atoms with van der Waals surface area (Å²) in [6.07, 6.45) is 5.17. The highest BCUT2D eigenvalue weighted by atomic mass is 15.2. The second kappa shape index (κ2) is 5.02. The molecular weight excluding hydrogens is 220 g/mol. The Morgan fingerprint density at radius 3 is 2.83 bits per heavy atom. The lowest BCUT2D eigenvalue weighted by Crippen LogP contribution is -2.50. The number of hydrogen-bond acceptors (Lipinski definition) is 2. The Morgan fingerprint density at radius 1 is 1.28 bits per heavy atom. The second-order valence-electron chi connectivity index (χ2n) is 5.89. The van der Waals surface area contributed by atoms with E-state index in [9.17, 15) is 0 Å². The van der Waals surface area contributed by atoms with Crippen molar-refractivity contribution in [2.24, 2.45) is 0 Å². The topological polar surface area (TPSA) is 15.3 Å². The van der Waals surface area contributed by atoms with Gasteiger partial charge in [-0.2, -0.15) is 0 Å². The summed E-state index contributed by atoms with van der Waals surface area (Å²) < 4.78 is 0. The molecule has 1 aromatic carbocycles. The second-order valence-corrected chi connectivity index (χ2v) is 5.89. The maximum absolute atomic E-state index is 3.75. The van der Waals surface area contributed by atoms with E-state index in [1.165, 1.54) is 50.9 Å². The lowest BCUT2D eigenvalue weighted by molar-refractivity contribution is 0.174. The third kappa shape index (κ3) is 2.32. The summed E-state index contributed by atoms with van der Waals surface area (Å²) in [7, 11) is 0. The molecule has 0 amide bonds. The SMILES string of the molecule is CCC1(CN2CCc3ccccc3C2)CCCN1. The molecule has 2 aliphatic heterocycles. The van der Waals surface area contributed by atoms with Crippen LogP contribution >= 0.6 is 0 Å². The van der Waals surface area contributed by atoms with Gasteiger partial charge in [-0.05, 0) is 43.4 Å². The summed E-state index contributed by atoms with van der Waals surface area (Å²) in [6, 6.07) is 8.92. The standard InChI is InChI=1S/C16H24N2/c1-2-16(9-5-10-17-16)13-18-11-8-14-6-3-4-7-15(14)12-18/h3-4,6-7,17H,2,5,8-13H2,1H3. The minimum atomic E-state index is 0.395. The van der Waals surface area contributed by atoms with E-state index in [2.05, 4.69) is 41.4 Å². The van der Waals surface area contributed by atoms with Crippen LogP contribution in [0.4, 0.5) is 0 Å². The zero-order valence-corrected chi connectivity index (χ0v) is 11.4. The van der Waals surface area contributed by atoms with Gasteiger partial charge in [0.25, 0.3) is 0 Å². The Kier molecular flexibility index (Phi) is 3.40. The lowest BCUT2D eigenvalue weighted by atomic mass is 9.91. The van der Waals surface area contributed by atoms with Crippen molar-refractivity contribution in [1.29, 1.82) is 0 Å². The molecule has 98 valence electrons. The lowest BCUT2D eigenvalue weighted by Gasteiger charge is -2.37. The van der Waals surface area contributed by atoms with E-state index in [0.29, 0.717) is 5.54 Å². The van der Waals surface area contributed by atoms with Crippen LogP contribution in [0.15, 0.2) is 24.3 Å². The molecule has 1 saturated heterocycles. The van der Waals surface area contributed by atoms with Gasteiger partial charge in [-0.1, -0.05) is 31.2 Å². The third-order valence-corrected chi connectivity index (χ3v) is 4.74. The van der Waals surface area contributed by atoms with Crippen LogP contribution in [0, 0.1) is 0 Å². The Balaban J connectivity index is 1.69. The van der Waals surface area contributed by atoms with Gasteiger partial charge in [0, 0.05) is 25.2 Å². The van der Waals surface area contributed by atoms with Crippen LogP contribution in [0.5, 0.6) is 0 Å². The first-order chi connectivity index (χ1) is 8.81. The summed E-state index contributed by atoms with van der Waals surface area (Å²) in [5.41, 5.74) is 3.48. The van der Waals surface area contributed by atoms with Gasteiger partial charge in [0.1, 0.15) is 0 Å². The first kappa shape index (κ1) is 12.2. The summed E-state index contributed by atoms with van der Waals surface area (Å²) in [4.78, 5) is 2.64. The molecule has 2 heteroatoms. The van der Waals surface area contributed by atoms with Gasteiger partial charge in [0.2, 0.25) is 0 Å². The first-order valence-electron chi connectivity index (χ1n) is 7.35. The number of benzene rings is 1. The molecular formula is C16H24N2. The van der Waals surface area contributed by atoms with E-state index in [1.54, 1.807) is 5.56 Å². The molecule has 3 rings (SSSR count). The predicted octanol–water partition coefficient (Wildman–Crippen LogP) is 2.58. The van der Waals surface area contributed by atoms with Crippen LogP contribution in [-0.2, 0) is 13.0 Å². The minimum Gasteiger partial charge on any atom is -0.310 e. The molecule has 0 aliphatic carbocycles. The number of fused-ring (bicyclic) bond motifs is 1. The van der Waals surface area contributed by atoms with Gasteiger partial charge >= 0.3 is 0 Å². The average molecular weight is 244 g/mol. The van der Waals surface area contributed by atoms with E-state index < -0.39 is 0 Å². The van der Waals surface area contributed by atoms with Crippen LogP contribution in [-0.4, -0.2) is 30.1 Å². The zero-order valence-electron chi connectivity index (χ0n) is 11.4. The van der Waals surface area contributed by atoms with Crippen molar-refractivity contribution in [2.45, 2.75) is 44.7 Å².